The van der Waals surface area contributed by atoms with Gasteiger partial charge in [0.25, 0.3) is 10.0 Å². The highest BCUT2D eigenvalue weighted by Crippen LogP contribution is 2.32. The first kappa shape index (κ1) is 24.9. The molecule has 0 saturated heterocycles. The Morgan fingerprint density at radius 1 is 0.912 bits per heavy atom. The van der Waals surface area contributed by atoms with Gasteiger partial charge in [-0.25, -0.2) is 8.42 Å². The van der Waals surface area contributed by atoms with Crippen LogP contribution in [0.4, 0.5) is 28.4 Å². The fourth-order valence-electron chi connectivity index (χ4n) is 3.33. The van der Waals surface area contributed by atoms with Crippen molar-refractivity contribution in [3.8, 4) is 0 Å². The van der Waals surface area contributed by atoms with Gasteiger partial charge in [-0.3, -0.25) is 9.52 Å². The second-order valence-electron chi connectivity index (χ2n) is 7.72. The highest BCUT2D eigenvalue weighted by atomic mass is 32.2. The summed E-state index contributed by atoms with van der Waals surface area (Å²) in [6.07, 6.45) is 0. The highest BCUT2D eigenvalue weighted by molar-refractivity contribution is 7.92. The van der Waals surface area contributed by atoms with E-state index >= 15 is 0 Å². The summed E-state index contributed by atoms with van der Waals surface area (Å²) in [5.41, 5.74) is 4.02. The predicted molar refractivity (Wildman–Crippen MR) is 137 cm³/mol. The molecule has 34 heavy (non-hydrogen) atoms. The van der Waals surface area contributed by atoms with Crippen molar-refractivity contribution in [3.63, 3.8) is 0 Å². The van der Waals surface area contributed by atoms with E-state index in [4.69, 9.17) is 0 Å². The van der Waals surface area contributed by atoms with Gasteiger partial charge in [-0.2, -0.15) is 5.11 Å². The van der Waals surface area contributed by atoms with Crippen LogP contribution in [0.1, 0.15) is 26.3 Å². The van der Waals surface area contributed by atoms with E-state index in [1.165, 1.54) is 6.92 Å². The molecule has 9 heteroatoms. The molecule has 1 amide bonds. The van der Waals surface area contributed by atoms with Crippen LogP contribution in [0.15, 0.2) is 81.9 Å². The molecule has 8 nitrogen and oxygen atoms in total. The molecule has 3 aromatic rings. The maximum Gasteiger partial charge on any atom is 0.261 e. The first-order chi connectivity index (χ1) is 16.2. The number of aryl methyl sites for hydroxylation is 1. The van der Waals surface area contributed by atoms with Gasteiger partial charge in [0, 0.05) is 31.4 Å². The fraction of sp³-hybridized carbons (Fsp3) is 0.240. The number of sulfonamides is 1. The van der Waals surface area contributed by atoms with Crippen molar-refractivity contribution in [1.29, 1.82) is 0 Å². The van der Waals surface area contributed by atoms with Crippen LogP contribution in [-0.2, 0) is 14.8 Å². The molecule has 0 bridgehead atoms. The molecule has 0 aliphatic heterocycles. The van der Waals surface area contributed by atoms with Gasteiger partial charge in [0.05, 0.1) is 16.3 Å². The predicted octanol–water partition coefficient (Wildman–Crippen LogP) is 6.02. The van der Waals surface area contributed by atoms with Gasteiger partial charge < -0.3 is 10.2 Å². The molecule has 0 atom stereocenters. The minimum Gasteiger partial charge on any atom is -0.372 e. The van der Waals surface area contributed by atoms with Crippen LogP contribution < -0.4 is 14.9 Å². The second kappa shape index (κ2) is 10.9. The van der Waals surface area contributed by atoms with Gasteiger partial charge in [0.1, 0.15) is 5.69 Å². The number of nitrogens with zero attached hydrogens (tertiary/aromatic N) is 3. The SMILES string of the molecule is CCN(CC)c1ccc(N=Nc2ccc(NS(=O)(=O)c3ccc(C)cc3)cc2)c(NC(C)=O)c1. The lowest BCUT2D eigenvalue weighted by atomic mass is 10.2. The molecule has 0 unspecified atom stereocenters. The Morgan fingerprint density at radius 2 is 1.56 bits per heavy atom. The molecule has 3 aromatic carbocycles. The number of rotatable bonds is 9. The Kier molecular flexibility index (Phi) is 8.01. The van der Waals surface area contributed by atoms with Crippen LogP contribution in [0.3, 0.4) is 0 Å². The van der Waals surface area contributed by atoms with Crippen molar-refractivity contribution in [2.45, 2.75) is 32.6 Å². The molecule has 0 saturated carbocycles. The van der Waals surface area contributed by atoms with Crippen molar-refractivity contribution in [1.82, 2.24) is 0 Å². The van der Waals surface area contributed by atoms with E-state index in [1.54, 1.807) is 48.5 Å². The number of anilines is 3. The van der Waals surface area contributed by atoms with Gasteiger partial charge in [-0.1, -0.05) is 17.7 Å². The molecule has 0 spiro atoms. The monoisotopic (exact) mass is 479 g/mol. The Labute approximate surface area is 200 Å². The topological polar surface area (TPSA) is 103 Å². The molecule has 0 aliphatic carbocycles. The quantitative estimate of drug-likeness (QED) is 0.366. The zero-order valence-electron chi connectivity index (χ0n) is 19.7. The molecule has 178 valence electrons. The minimum absolute atomic E-state index is 0.195. The summed E-state index contributed by atoms with van der Waals surface area (Å²) in [6.45, 7) is 9.17. The van der Waals surface area contributed by atoms with E-state index < -0.39 is 10.0 Å². The average Bonchev–Trinajstić information content (AvgIpc) is 2.80. The molecule has 0 aliphatic rings. The van der Waals surface area contributed by atoms with Gasteiger partial charge in [-0.05, 0) is 75.4 Å². The summed E-state index contributed by atoms with van der Waals surface area (Å²) < 4.78 is 27.7. The molecule has 0 fully saturated rings. The van der Waals surface area contributed by atoms with Crippen molar-refractivity contribution < 1.29 is 13.2 Å². The normalized spacial score (nSPS) is 11.4. The van der Waals surface area contributed by atoms with E-state index in [1.807, 2.05) is 25.1 Å². The number of nitrogens with one attached hydrogen (secondary N) is 2. The zero-order chi connectivity index (χ0) is 24.7. The standard InChI is InChI=1S/C25H29N5O3S/c1-5-30(6-2)22-13-16-24(25(17-22)26-19(4)31)28-27-20-9-11-21(12-10-20)29-34(32,33)23-14-7-18(3)8-15-23/h7-17,29H,5-6H2,1-4H3,(H,26,31). The maximum absolute atomic E-state index is 12.6. The number of carbonyl (C=O) groups excluding carboxylic acids is 1. The van der Waals surface area contributed by atoms with Crippen molar-refractivity contribution in [3.05, 3.63) is 72.3 Å². The van der Waals surface area contributed by atoms with Crippen molar-refractivity contribution in [2.24, 2.45) is 10.2 Å². The van der Waals surface area contributed by atoms with E-state index in [-0.39, 0.29) is 10.8 Å². The van der Waals surface area contributed by atoms with E-state index in [2.05, 4.69) is 39.0 Å². The molecule has 0 heterocycles. The maximum atomic E-state index is 12.6. The third-order valence-electron chi connectivity index (χ3n) is 5.14. The van der Waals surface area contributed by atoms with Gasteiger partial charge >= 0.3 is 0 Å². The zero-order valence-corrected chi connectivity index (χ0v) is 20.6. The third-order valence-corrected chi connectivity index (χ3v) is 6.54. The molecule has 0 radical (unpaired) electrons. The third kappa shape index (κ3) is 6.41. The second-order valence-corrected chi connectivity index (χ2v) is 9.40. The van der Waals surface area contributed by atoms with E-state index in [0.717, 1.165) is 24.3 Å². The largest absolute Gasteiger partial charge is 0.372 e. The number of amides is 1. The van der Waals surface area contributed by atoms with Crippen LogP contribution in [0.5, 0.6) is 0 Å². The lowest BCUT2D eigenvalue weighted by molar-refractivity contribution is -0.114. The Balaban J connectivity index is 1.78. The fourth-order valence-corrected chi connectivity index (χ4v) is 4.38. The highest BCUT2D eigenvalue weighted by Gasteiger charge is 2.14. The van der Waals surface area contributed by atoms with Gasteiger partial charge in [-0.15, -0.1) is 5.11 Å². The first-order valence-corrected chi connectivity index (χ1v) is 12.5. The molecule has 0 aromatic heterocycles. The molecule has 3 rings (SSSR count). The first-order valence-electron chi connectivity index (χ1n) is 11.0. The van der Waals surface area contributed by atoms with E-state index in [0.29, 0.717) is 22.7 Å². The summed E-state index contributed by atoms with van der Waals surface area (Å²) in [5, 5.41) is 11.4. The van der Waals surface area contributed by atoms with Crippen LogP contribution in [0.25, 0.3) is 0 Å². The summed E-state index contributed by atoms with van der Waals surface area (Å²) in [4.78, 5) is 14.0. The number of hydrogen-bond acceptors (Lipinski definition) is 6. The lowest BCUT2D eigenvalue weighted by Gasteiger charge is -2.22. The molecular weight excluding hydrogens is 450 g/mol. The average molecular weight is 480 g/mol. The van der Waals surface area contributed by atoms with Crippen LogP contribution >= 0.6 is 0 Å². The smallest absolute Gasteiger partial charge is 0.261 e. The Hall–Kier alpha value is -3.72. The molecule has 2 N–H and O–H groups in total. The summed E-state index contributed by atoms with van der Waals surface area (Å²) in [6, 6.07) is 18.8. The summed E-state index contributed by atoms with van der Waals surface area (Å²) in [7, 11) is -3.68. The van der Waals surface area contributed by atoms with Crippen LogP contribution in [-0.4, -0.2) is 27.4 Å². The van der Waals surface area contributed by atoms with Crippen LogP contribution in [0.2, 0.25) is 0 Å². The Bertz CT molecular complexity index is 1270. The molecular formula is C25H29N5O3S. The van der Waals surface area contributed by atoms with Crippen molar-refractivity contribution in [2.75, 3.05) is 28.0 Å². The number of benzene rings is 3. The van der Waals surface area contributed by atoms with E-state index in [9.17, 15) is 13.2 Å². The van der Waals surface area contributed by atoms with Crippen LogP contribution in [0, 0.1) is 6.92 Å². The number of azo groups is 1. The summed E-state index contributed by atoms with van der Waals surface area (Å²) >= 11 is 0. The summed E-state index contributed by atoms with van der Waals surface area (Å²) in [5.74, 6) is -0.196. The minimum atomic E-state index is -3.68. The number of hydrogen-bond donors (Lipinski definition) is 2. The van der Waals surface area contributed by atoms with Gasteiger partial charge in [0.15, 0.2) is 0 Å². The number of carbonyl (C=O) groups is 1. The Morgan fingerprint density at radius 3 is 2.15 bits per heavy atom. The van der Waals surface area contributed by atoms with Crippen molar-refractivity contribution >= 4 is 44.4 Å². The lowest BCUT2D eigenvalue weighted by Crippen LogP contribution is -2.21. The van der Waals surface area contributed by atoms with Gasteiger partial charge in [0.2, 0.25) is 5.91 Å².